The monoisotopic (exact) mass is 204 g/mol. The fourth-order valence-electron chi connectivity index (χ4n) is 1.14. The van der Waals surface area contributed by atoms with E-state index in [1.807, 2.05) is 6.07 Å². The molecule has 0 aliphatic heterocycles. The summed E-state index contributed by atoms with van der Waals surface area (Å²) in [5, 5.41) is 13.0. The van der Waals surface area contributed by atoms with Crippen LogP contribution >= 0.6 is 11.6 Å². The van der Waals surface area contributed by atoms with Gasteiger partial charge in [-0.05, 0) is 18.2 Å². The number of hydrogen-bond donors (Lipinski definition) is 0. The standard InChI is InChI=1S/C10H5ClN2O/c11-9-2-1-7(6-12)5-8(9)10-3-4-14-13-10/h1-5H. The second-order valence-electron chi connectivity index (χ2n) is 2.69. The Balaban J connectivity index is 2.58. The summed E-state index contributed by atoms with van der Waals surface area (Å²) in [7, 11) is 0. The molecule has 2 rings (SSSR count). The van der Waals surface area contributed by atoms with Crippen LogP contribution < -0.4 is 0 Å². The third kappa shape index (κ3) is 1.48. The zero-order valence-corrected chi connectivity index (χ0v) is 7.82. The first-order valence-corrected chi connectivity index (χ1v) is 4.29. The fraction of sp³-hybridized carbons (Fsp3) is 0. The number of rotatable bonds is 1. The molecule has 0 bridgehead atoms. The van der Waals surface area contributed by atoms with Crippen molar-refractivity contribution in [2.75, 3.05) is 0 Å². The molecular weight excluding hydrogens is 200 g/mol. The molecule has 0 saturated heterocycles. The number of halogens is 1. The van der Waals surface area contributed by atoms with Gasteiger partial charge >= 0.3 is 0 Å². The molecule has 3 nitrogen and oxygen atoms in total. The van der Waals surface area contributed by atoms with E-state index < -0.39 is 0 Å². The molecule has 1 aromatic heterocycles. The SMILES string of the molecule is N#Cc1ccc(Cl)c(-c2ccon2)c1. The number of nitrogens with zero attached hydrogens (tertiary/aromatic N) is 2. The van der Waals surface area contributed by atoms with Crippen molar-refractivity contribution < 1.29 is 4.52 Å². The van der Waals surface area contributed by atoms with E-state index in [4.69, 9.17) is 21.4 Å². The lowest BCUT2D eigenvalue weighted by Gasteiger charge is -1.99. The van der Waals surface area contributed by atoms with E-state index in [1.54, 1.807) is 24.3 Å². The quantitative estimate of drug-likeness (QED) is 0.718. The van der Waals surface area contributed by atoms with Crippen LogP contribution in [0.15, 0.2) is 35.1 Å². The maximum absolute atomic E-state index is 8.71. The van der Waals surface area contributed by atoms with Gasteiger partial charge in [0.2, 0.25) is 0 Å². The molecule has 0 amide bonds. The largest absolute Gasteiger partial charge is 0.364 e. The normalized spacial score (nSPS) is 9.71. The maximum atomic E-state index is 8.71. The predicted molar refractivity (Wildman–Crippen MR) is 51.7 cm³/mol. The lowest BCUT2D eigenvalue weighted by atomic mass is 10.1. The molecule has 0 unspecified atom stereocenters. The van der Waals surface area contributed by atoms with Gasteiger partial charge in [0, 0.05) is 11.6 Å². The number of hydrogen-bond acceptors (Lipinski definition) is 3. The van der Waals surface area contributed by atoms with Crippen LogP contribution in [-0.2, 0) is 0 Å². The summed E-state index contributed by atoms with van der Waals surface area (Å²) in [5.41, 5.74) is 1.89. The highest BCUT2D eigenvalue weighted by molar-refractivity contribution is 6.33. The van der Waals surface area contributed by atoms with Crippen LogP contribution in [-0.4, -0.2) is 5.16 Å². The Bertz CT molecular complexity index is 485. The summed E-state index contributed by atoms with van der Waals surface area (Å²) in [5.74, 6) is 0. The number of nitriles is 1. The fourth-order valence-corrected chi connectivity index (χ4v) is 1.36. The average molecular weight is 205 g/mol. The molecule has 0 aliphatic rings. The molecule has 0 radical (unpaired) electrons. The predicted octanol–water partition coefficient (Wildman–Crippen LogP) is 2.87. The summed E-state index contributed by atoms with van der Waals surface area (Å²) in [4.78, 5) is 0. The van der Waals surface area contributed by atoms with Crippen LogP contribution in [0.25, 0.3) is 11.3 Å². The molecular formula is C10H5ClN2O. The first-order valence-electron chi connectivity index (χ1n) is 3.91. The topological polar surface area (TPSA) is 49.8 Å². The Kier molecular flexibility index (Phi) is 2.21. The van der Waals surface area contributed by atoms with Gasteiger partial charge in [-0.2, -0.15) is 5.26 Å². The molecule has 2 aromatic rings. The van der Waals surface area contributed by atoms with E-state index >= 15 is 0 Å². The Morgan fingerprint density at radius 1 is 1.36 bits per heavy atom. The molecule has 0 saturated carbocycles. The van der Waals surface area contributed by atoms with E-state index in [1.165, 1.54) is 6.26 Å². The van der Waals surface area contributed by atoms with E-state index in [9.17, 15) is 0 Å². The van der Waals surface area contributed by atoms with Crippen molar-refractivity contribution >= 4 is 11.6 Å². The van der Waals surface area contributed by atoms with Gasteiger partial charge in [0.25, 0.3) is 0 Å². The minimum absolute atomic E-state index is 0.549. The van der Waals surface area contributed by atoms with Gasteiger partial charge < -0.3 is 4.52 Å². The Labute approximate surface area is 85.5 Å². The Hall–Kier alpha value is -1.79. The van der Waals surface area contributed by atoms with Crippen LogP contribution in [0.2, 0.25) is 5.02 Å². The van der Waals surface area contributed by atoms with Crippen molar-refractivity contribution in [2.24, 2.45) is 0 Å². The minimum Gasteiger partial charge on any atom is -0.364 e. The molecule has 68 valence electrons. The summed E-state index contributed by atoms with van der Waals surface area (Å²) in [6.45, 7) is 0. The molecule has 0 spiro atoms. The summed E-state index contributed by atoms with van der Waals surface area (Å²) < 4.78 is 4.71. The van der Waals surface area contributed by atoms with Gasteiger partial charge in [0.1, 0.15) is 12.0 Å². The zero-order valence-electron chi connectivity index (χ0n) is 7.07. The molecule has 14 heavy (non-hydrogen) atoms. The highest BCUT2D eigenvalue weighted by Crippen LogP contribution is 2.27. The second kappa shape index (κ2) is 3.52. The molecule has 4 heteroatoms. The molecule has 0 N–H and O–H groups in total. The van der Waals surface area contributed by atoms with Crippen LogP contribution in [0.4, 0.5) is 0 Å². The number of aromatic nitrogens is 1. The lowest BCUT2D eigenvalue weighted by Crippen LogP contribution is -1.81. The second-order valence-corrected chi connectivity index (χ2v) is 3.10. The Morgan fingerprint density at radius 2 is 2.21 bits per heavy atom. The molecule has 1 aromatic carbocycles. The minimum atomic E-state index is 0.549. The van der Waals surface area contributed by atoms with Crippen molar-refractivity contribution in [1.82, 2.24) is 5.16 Å². The van der Waals surface area contributed by atoms with Crippen LogP contribution in [0.3, 0.4) is 0 Å². The van der Waals surface area contributed by atoms with E-state index in [0.717, 1.165) is 0 Å². The molecule has 0 fully saturated rings. The summed E-state index contributed by atoms with van der Waals surface area (Å²) in [6.07, 6.45) is 1.46. The van der Waals surface area contributed by atoms with E-state index in [2.05, 4.69) is 5.16 Å². The van der Waals surface area contributed by atoms with Gasteiger partial charge in [-0.1, -0.05) is 16.8 Å². The zero-order chi connectivity index (χ0) is 9.97. The van der Waals surface area contributed by atoms with Crippen molar-refractivity contribution in [1.29, 1.82) is 5.26 Å². The van der Waals surface area contributed by atoms with Crippen molar-refractivity contribution in [3.63, 3.8) is 0 Å². The smallest absolute Gasteiger partial charge is 0.124 e. The molecule has 0 atom stereocenters. The highest BCUT2D eigenvalue weighted by atomic mass is 35.5. The summed E-state index contributed by atoms with van der Waals surface area (Å²) in [6, 6.07) is 8.75. The van der Waals surface area contributed by atoms with Gasteiger partial charge in [-0.25, -0.2) is 0 Å². The number of benzene rings is 1. The first-order chi connectivity index (χ1) is 6.81. The third-order valence-electron chi connectivity index (χ3n) is 1.81. The summed E-state index contributed by atoms with van der Waals surface area (Å²) >= 11 is 5.95. The first kappa shape index (κ1) is 8.79. The molecule has 0 aliphatic carbocycles. The van der Waals surface area contributed by atoms with Crippen LogP contribution in [0.5, 0.6) is 0 Å². The third-order valence-corrected chi connectivity index (χ3v) is 2.14. The van der Waals surface area contributed by atoms with Crippen molar-refractivity contribution in [3.8, 4) is 17.3 Å². The van der Waals surface area contributed by atoms with Crippen LogP contribution in [0.1, 0.15) is 5.56 Å². The lowest BCUT2D eigenvalue weighted by molar-refractivity contribution is 0.422. The average Bonchev–Trinajstić information content (AvgIpc) is 2.71. The van der Waals surface area contributed by atoms with Gasteiger partial charge in [0.05, 0.1) is 16.7 Å². The van der Waals surface area contributed by atoms with Gasteiger partial charge in [-0.15, -0.1) is 0 Å². The molecule has 1 heterocycles. The van der Waals surface area contributed by atoms with E-state index in [-0.39, 0.29) is 0 Å². The highest BCUT2D eigenvalue weighted by Gasteiger charge is 2.07. The van der Waals surface area contributed by atoms with Gasteiger partial charge in [-0.3, -0.25) is 0 Å². The van der Waals surface area contributed by atoms with Crippen molar-refractivity contribution in [2.45, 2.75) is 0 Å². The Morgan fingerprint density at radius 3 is 2.86 bits per heavy atom. The van der Waals surface area contributed by atoms with Crippen LogP contribution in [0, 0.1) is 11.3 Å². The van der Waals surface area contributed by atoms with Gasteiger partial charge in [0.15, 0.2) is 0 Å². The van der Waals surface area contributed by atoms with E-state index in [0.29, 0.717) is 21.8 Å². The van der Waals surface area contributed by atoms with Crippen molar-refractivity contribution in [3.05, 3.63) is 41.1 Å². The maximum Gasteiger partial charge on any atom is 0.124 e.